The second-order valence-corrected chi connectivity index (χ2v) is 2.57. The molecule has 0 spiro atoms. The minimum atomic E-state index is -0.0667. The molecule has 2 rings (SSSR count). The summed E-state index contributed by atoms with van der Waals surface area (Å²) in [6.07, 6.45) is 3.65. The van der Waals surface area contributed by atoms with Gasteiger partial charge in [-0.15, -0.1) is 0 Å². The molecule has 2 aliphatic heterocycles. The van der Waals surface area contributed by atoms with Gasteiger partial charge in [0.15, 0.2) is 0 Å². The molecule has 1 fully saturated rings. The minimum Gasteiger partial charge on any atom is -0.355 e. The van der Waals surface area contributed by atoms with Crippen molar-refractivity contribution in [3.8, 4) is 6.07 Å². The van der Waals surface area contributed by atoms with Crippen LogP contribution >= 0.6 is 0 Å². The van der Waals surface area contributed by atoms with Gasteiger partial charge in [0.05, 0.1) is 12.6 Å². The summed E-state index contributed by atoms with van der Waals surface area (Å²) in [7, 11) is 0. The molecular formula is C7H8N4. The average molecular weight is 148 g/mol. The van der Waals surface area contributed by atoms with Crippen molar-refractivity contribution in [2.24, 2.45) is 4.99 Å². The van der Waals surface area contributed by atoms with Crippen LogP contribution in [-0.2, 0) is 0 Å². The molecule has 0 aliphatic carbocycles. The zero-order chi connectivity index (χ0) is 7.68. The van der Waals surface area contributed by atoms with Crippen LogP contribution in [0.1, 0.15) is 0 Å². The van der Waals surface area contributed by atoms with E-state index in [2.05, 4.69) is 16.4 Å². The van der Waals surface area contributed by atoms with Gasteiger partial charge in [0, 0.05) is 6.21 Å². The number of rotatable bonds is 0. The first-order chi connectivity index (χ1) is 5.40. The standard InChI is InChI=1S/C7H8N4/c8-3-6-4-11-5-9-2-1-7(11)10-6/h1-2,6,10H,4-5H2. The molecule has 11 heavy (non-hydrogen) atoms. The van der Waals surface area contributed by atoms with Crippen LogP contribution in [0.5, 0.6) is 0 Å². The molecular weight excluding hydrogens is 140 g/mol. The summed E-state index contributed by atoms with van der Waals surface area (Å²) >= 11 is 0. The maximum absolute atomic E-state index is 8.61. The molecule has 1 atom stereocenters. The van der Waals surface area contributed by atoms with Crippen molar-refractivity contribution in [3.05, 3.63) is 11.9 Å². The van der Waals surface area contributed by atoms with Crippen molar-refractivity contribution < 1.29 is 0 Å². The third-order valence-corrected chi connectivity index (χ3v) is 1.81. The first kappa shape index (κ1) is 6.23. The highest BCUT2D eigenvalue weighted by Crippen LogP contribution is 2.12. The lowest BCUT2D eigenvalue weighted by atomic mass is 10.3. The number of hydrogen-bond acceptors (Lipinski definition) is 4. The van der Waals surface area contributed by atoms with Crippen LogP contribution in [0.2, 0.25) is 0 Å². The molecule has 4 nitrogen and oxygen atoms in total. The quantitative estimate of drug-likeness (QED) is 0.511. The first-order valence-electron chi connectivity index (χ1n) is 3.51. The van der Waals surface area contributed by atoms with E-state index >= 15 is 0 Å². The van der Waals surface area contributed by atoms with Crippen molar-refractivity contribution in [2.75, 3.05) is 13.2 Å². The molecule has 1 unspecified atom stereocenters. The summed E-state index contributed by atoms with van der Waals surface area (Å²) in [5.41, 5.74) is 0. The van der Waals surface area contributed by atoms with E-state index in [-0.39, 0.29) is 6.04 Å². The number of allylic oxidation sites excluding steroid dienone is 1. The van der Waals surface area contributed by atoms with E-state index in [4.69, 9.17) is 5.26 Å². The Labute approximate surface area is 64.8 Å². The van der Waals surface area contributed by atoms with Crippen LogP contribution in [0.15, 0.2) is 16.9 Å². The van der Waals surface area contributed by atoms with Gasteiger partial charge < -0.3 is 10.2 Å². The van der Waals surface area contributed by atoms with E-state index in [1.165, 1.54) is 0 Å². The molecule has 0 bridgehead atoms. The SMILES string of the molecule is N#CC1CN2CN=CC=C2N1. The fourth-order valence-electron chi connectivity index (χ4n) is 1.26. The molecule has 0 saturated carbocycles. The van der Waals surface area contributed by atoms with Gasteiger partial charge >= 0.3 is 0 Å². The normalized spacial score (nSPS) is 27.0. The number of fused-ring (bicyclic) bond motifs is 1. The third kappa shape index (κ3) is 0.944. The van der Waals surface area contributed by atoms with Crippen LogP contribution in [0, 0.1) is 11.3 Å². The van der Waals surface area contributed by atoms with Crippen molar-refractivity contribution in [1.29, 1.82) is 5.26 Å². The topological polar surface area (TPSA) is 51.4 Å². The van der Waals surface area contributed by atoms with E-state index in [1.807, 2.05) is 11.0 Å². The zero-order valence-electron chi connectivity index (χ0n) is 5.99. The highest BCUT2D eigenvalue weighted by molar-refractivity contribution is 5.73. The second kappa shape index (κ2) is 2.27. The number of nitriles is 1. The molecule has 1 N–H and O–H groups in total. The van der Waals surface area contributed by atoms with Gasteiger partial charge in [0.2, 0.25) is 0 Å². The van der Waals surface area contributed by atoms with E-state index < -0.39 is 0 Å². The lowest BCUT2D eigenvalue weighted by Crippen LogP contribution is -2.22. The van der Waals surface area contributed by atoms with Crippen molar-refractivity contribution in [3.63, 3.8) is 0 Å². The summed E-state index contributed by atoms with van der Waals surface area (Å²) < 4.78 is 0. The third-order valence-electron chi connectivity index (χ3n) is 1.81. The molecule has 2 heterocycles. The Balaban J connectivity index is 2.16. The highest BCUT2D eigenvalue weighted by Gasteiger charge is 2.25. The molecule has 4 heteroatoms. The molecule has 56 valence electrons. The summed E-state index contributed by atoms with van der Waals surface area (Å²) in [6, 6.07) is 2.10. The summed E-state index contributed by atoms with van der Waals surface area (Å²) in [5, 5.41) is 11.7. The zero-order valence-corrected chi connectivity index (χ0v) is 5.99. The van der Waals surface area contributed by atoms with Crippen LogP contribution in [0.25, 0.3) is 0 Å². The fourth-order valence-corrected chi connectivity index (χ4v) is 1.26. The fraction of sp³-hybridized carbons (Fsp3) is 0.429. The van der Waals surface area contributed by atoms with Gasteiger partial charge in [-0.2, -0.15) is 5.26 Å². The summed E-state index contributed by atoms with van der Waals surface area (Å²) in [4.78, 5) is 6.11. The molecule has 0 aromatic rings. The Morgan fingerprint density at radius 2 is 2.73 bits per heavy atom. The van der Waals surface area contributed by atoms with Crippen molar-refractivity contribution in [2.45, 2.75) is 6.04 Å². The summed E-state index contributed by atoms with van der Waals surface area (Å²) in [6.45, 7) is 1.43. The Kier molecular flexibility index (Phi) is 1.29. The van der Waals surface area contributed by atoms with Crippen LogP contribution < -0.4 is 5.32 Å². The Morgan fingerprint density at radius 3 is 3.45 bits per heavy atom. The van der Waals surface area contributed by atoms with E-state index in [1.54, 1.807) is 6.21 Å². The van der Waals surface area contributed by atoms with E-state index in [9.17, 15) is 0 Å². The maximum Gasteiger partial charge on any atom is 0.133 e. The largest absolute Gasteiger partial charge is 0.355 e. The predicted octanol–water partition coefficient (Wildman–Crippen LogP) is -0.333. The minimum absolute atomic E-state index is 0.0667. The number of nitrogens with one attached hydrogen (secondary N) is 1. The molecule has 0 aromatic carbocycles. The smallest absolute Gasteiger partial charge is 0.133 e. The second-order valence-electron chi connectivity index (χ2n) is 2.57. The first-order valence-corrected chi connectivity index (χ1v) is 3.51. The van der Waals surface area contributed by atoms with Gasteiger partial charge in [-0.3, -0.25) is 4.99 Å². The van der Waals surface area contributed by atoms with Gasteiger partial charge in [-0.05, 0) is 6.08 Å². The van der Waals surface area contributed by atoms with E-state index in [0.717, 1.165) is 12.4 Å². The molecule has 1 saturated heterocycles. The highest BCUT2D eigenvalue weighted by atomic mass is 15.4. The average Bonchev–Trinajstić information content (AvgIpc) is 2.46. The van der Waals surface area contributed by atoms with Crippen LogP contribution in [-0.4, -0.2) is 30.4 Å². The Bertz CT molecular complexity index is 260. The van der Waals surface area contributed by atoms with Crippen molar-refractivity contribution in [1.82, 2.24) is 10.2 Å². The lowest BCUT2D eigenvalue weighted by Gasteiger charge is -2.17. The van der Waals surface area contributed by atoms with Gasteiger partial charge in [-0.25, -0.2) is 0 Å². The summed E-state index contributed by atoms with van der Waals surface area (Å²) in [5.74, 6) is 1.02. The van der Waals surface area contributed by atoms with Gasteiger partial charge in [0.1, 0.15) is 18.5 Å². The molecule has 0 amide bonds. The number of hydrogen-bond donors (Lipinski definition) is 1. The molecule has 2 aliphatic rings. The van der Waals surface area contributed by atoms with E-state index in [0.29, 0.717) is 6.67 Å². The Morgan fingerprint density at radius 1 is 1.82 bits per heavy atom. The number of nitrogens with zero attached hydrogens (tertiary/aromatic N) is 3. The molecule has 0 radical (unpaired) electrons. The van der Waals surface area contributed by atoms with Gasteiger partial charge in [0.25, 0.3) is 0 Å². The van der Waals surface area contributed by atoms with Crippen molar-refractivity contribution >= 4 is 6.21 Å². The van der Waals surface area contributed by atoms with Crippen LogP contribution in [0.3, 0.4) is 0 Å². The Hall–Kier alpha value is -1.50. The number of aliphatic imine (C=N–C) groups is 1. The maximum atomic E-state index is 8.61. The predicted molar refractivity (Wildman–Crippen MR) is 40.7 cm³/mol. The molecule has 0 aromatic heterocycles. The van der Waals surface area contributed by atoms with Crippen LogP contribution in [0.4, 0.5) is 0 Å². The monoisotopic (exact) mass is 148 g/mol. The lowest BCUT2D eigenvalue weighted by molar-refractivity contribution is 0.401. The van der Waals surface area contributed by atoms with Gasteiger partial charge in [-0.1, -0.05) is 0 Å².